The van der Waals surface area contributed by atoms with Crippen LogP contribution in [0.2, 0.25) is 0 Å². The molecular formula is C15H18O4. The van der Waals surface area contributed by atoms with Gasteiger partial charge in [0.15, 0.2) is 5.78 Å². The molecule has 1 N–H and O–H groups in total. The van der Waals surface area contributed by atoms with Crippen LogP contribution in [0.4, 0.5) is 0 Å². The van der Waals surface area contributed by atoms with E-state index in [0.29, 0.717) is 12.0 Å². The van der Waals surface area contributed by atoms with E-state index >= 15 is 0 Å². The number of ether oxygens (including phenoxy) is 1. The van der Waals surface area contributed by atoms with Gasteiger partial charge in [-0.1, -0.05) is 19.6 Å². The van der Waals surface area contributed by atoms with Crippen molar-refractivity contribution in [1.82, 2.24) is 0 Å². The molecular weight excluding hydrogens is 244 g/mol. The van der Waals surface area contributed by atoms with Crippen LogP contribution < -0.4 is 0 Å². The van der Waals surface area contributed by atoms with Gasteiger partial charge in [-0.05, 0) is 31.3 Å². The van der Waals surface area contributed by atoms with Crippen LogP contribution in [0, 0.1) is 23.2 Å². The Morgan fingerprint density at radius 1 is 1.47 bits per heavy atom. The number of hydrogen-bond acceptors (Lipinski definition) is 4. The highest BCUT2D eigenvalue weighted by molar-refractivity contribution is 5.99. The standard InChI is InChI=1S/C15H18O4/c1-7-6-10-12(8(2)14(18)19-10)13(17)15(3)9(7)4-5-11(15)16/h4-5,7,9-10,12-13,17H,2,6H2,1,3H3/t7-,9-,10-,12+,13-,15-/m0/s1. The van der Waals surface area contributed by atoms with Crippen molar-refractivity contribution in [3.63, 3.8) is 0 Å². The maximum atomic E-state index is 12.2. The predicted octanol–water partition coefficient (Wildman–Crippen LogP) is 1.25. The van der Waals surface area contributed by atoms with E-state index in [2.05, 4.69) is 6.58 Å². The van der Waals surface area contributed by atoms with Crippen LogP contribution in [0.5, 0.6) is 0 Å². The van der Waals surface area contributed by atoms with E-state index < -0.39 is 23.4 Å². The number of hydrogen-bond donors (Lipinski definition) is 1. The first-order chi connectivity index (χ1) is 8.87. The molecule has 1 aliphatic heterocycles. The quantitative estimate of drug-likeness (QED) is 0.527. The fourth-order valence-electron chi connectivity index (χ4n) is 3.98. The lowest BCUT2D eigenvalue weighted by Gasteiger charge is -2.37. The zero-order valence-electron chi connectivity index (χ0n) is 11.1. The molecule has 3 aliphatic rings. The molecule has 1 saturated heterocycles. The van der Waals surface area contributed by atoms with Gasteiger partial charge in [0.05, 0.1) is 17.4 Å². The Bertz CT molecular complexity index is 506. The molecule has 4 nitrogen and oxygen atoms in total. The summed E-state index contributed by atoms with van der Waals surface area (Å²) in [4.78, 5) is 23.9. The molecule has 0 aromatic heterocycles. The van der Waals surface area contributed by atoms with Gasteiger partial charge in [0, 0.05) is 5.57 Å². The molecule has 1 saturated carbocycles. The van der Waals surface area contributed by atoms with E-state index in [-0.39, 0.29) is 23.7 Å². The van der Waals surface area contributed by atoms with Crippen molar-refractivity contribution < 1.29 is 19.4 Å². The molecule has 0 amide bonds. The number of allylic oxidation sites excluding steroid dienone is 2. The second-order valence-electron chi connectivity index (χ2n) is 6.18. The van der Waals surface area contributed by atoms with Crippen LogP contribution in [0.1, 0.15) is 20.3 Å². The molecule has 0 bridgehead atoms. The predicted molar refractivity (Wildman–Crippen MR) is 68.0 cm³/mol. The first kappa shape index (κ1) is 12.6. The Labute approximate surface area is 112 Å². The Kier molecular flexibility index (Phi) is 2.52. The minimum Gasteiger partial charge on any atom is -0.458 e. The second kappa shape index (κ2) is 3.79. The third-order valence-corrected chi connectivity index (χ3v) is 5.17. The summed E-state index contributed by atoms with van der Waals surface area (Å²) in [6, 6.07) is 0. The fourth-order valence-corrected chi connectivity index (χ4v) is 3.98. The lowest BCUT2D eigenvalue weighted by atomic mass is 9.67. The Hall–Kier alpha value is -1.42. The number of aliphatic hydroxyl groups is 1. The van der Waals surface area contributed by atoms with Crippen molar-refractivity contribution in [1.29, 1.82) is 0 Å². The average Bonchev–Trinajstić information content (AvgIpc) is 2.77. The summed E-state index contributed by atoms with van der Waals surface area (Å²) >= 11 is 0. The first-order valence-electron chi connectivity index (χ1n) is 6.68. The molecule has 1 heterocycles. The average molecular weight is 262 g/mol. The number of aliphatic hydroxyl groups excluding tert-OH is 1. The van der Waals surface area contributed by atoms with Gasteiger partial charge < -0.3 is 9.84 Å². The normalized spacial score (nSPS) is 48.8. The van der Waals surface area contributed by atoms with Crippen molar-refractivity contribution in [2.75, 3.05) is 0 Å². The van der Waals surface area contributed by atoms with E-state index in [0.717, 1.165) is 0 Å². The monoisotopic (exact) mass is 262 g/mol. The van der Waals surface area contributed by atoms with E-state index in [1.165, 1.54) is 0 Å². The molecule has 0 aromatic rings. The van der Waals surface area contributed by atoms with Crippen molar-refractivity contribution in [3.05, 3.63) is 24.3 Å². The summed E-state index contributed by atoms with van der Waals surface area (Å²) in [6.07, 6.45) is 2.83. The van der Waals surface area contributed by atoms with Crippen LogP contribution in [-0.4, -0.2) is 29.1 Å². The van der Waals surface area contributed by atoms with Crippen molar-refractivity contribution in [2.24, 2.45) is 23.2 Å². The van der Waals surface area contributed by atoms with Gasteiger partial charge in [-0.3, -0.25) is 4.79 Å². The van der Waals surface area contributed by atoms with Crippen LogP contribution in [0.3, 0.4) is 0 Å². The summed E-state index contributed by atoms with van der Waals surface area (Å²) in [5.41, 5.74) is -0.568. The van der Waals surface area contributed by atoms with Gasteiger partial charge in [-0.25, -0.2) is 4.79 Å². The van der Waals surface area contributed by atoms with Crippen molar-refractivity contribution in [2.45, 2.75) is 32.5 Å². The number of ketones is 1. The van der Waals surface area contributed by atoms with Gasteiger partial charge in [-0.15, -0.1) is 0 Å². The topological polar surface area (TPSA) is 63.6 Å². The molecule has 0 spiro atoms. The highest BCUT2D eigenvalue weighted by atomic mass is 16.6. The Balaban J connectivity index is 2.08. The maximum Gasteiger partial charge on any atom is 0.334 e. The number of esters is 1. The highest BCUT2D eigenvalue weighted by Crippen LogP contribution is 2.52. The van der Waals surface area contributed by atoms with Gasteiger partial charge in [0.1, 0.15) is 6.10 Å². The minimum atomic E-state index is -0.922. The highest BCUT2D eigenvalue weighted by Gasteiger charge is 2.59. The zero-order chi connectivity index (χ0) is 13.9. The van der Waals surface area contributed by atoms with Crippen LogP contribution in [0.15, 0.2) is 24.3 Å². The molecule has 19 heavy (non-hydrogen) atoms. The van der Waals surface area contributed by atoms with E-state index in [1.54, 1.807) is 13.0 Å². The van der Waals surface area contributed by atoms with Gasteiger partial charge in [0.2, 0.25) is 0 Å². The fraction of sp³-hybridized carbons (Fsp3) is 0.600. The molecule has 6 atom stereocenters. The Morgan fingerprint density at radius 2 is 2.16 bits per heavy atom. The molecule has 2 fully saturated rings. The lowest BCUT2D eigenvalue weighted by Crippen LogP contribution is -2.46. The van der Waals surface area contributed by atoms with Gasteiger partial charge in [-0.2, -0.15) is 0 Å². The second-order valence-corrected chi connectivity index (χ2v) is 6.18. The molecule has 0 aromatic carbocycles. The summed E-state index contributed by atoms with van der Waals surface area (Å²) in [6.45, 7) is 7.57. The van der Waals surface area contributed by atoms with E-state index in [1.807, 2.05) is 13.0 Å². The smallest absolute Gasteiger partial charge is 0.334 e. The largest absolute Gasteiger partial charge is 0.458 e. The third kappa shape index (κ3) is 1.43. The van der Waals surface area contributed by atoms with Gasteiger partial charge in [0.25, 0.3) is 0 Å². The molecule has 4 heteroatoms. The van der Waals surface area contributed by atoms with Gasteiger partial charge >= 0.3 is 5.97 Å². The van der Waals surface area contributed by atoms with Crippen LogP contribution in [0.25, 0.3) is 0 Å². The summed E-state index contributed by atoms with van der Waals surface area (Å²) in [5.74, 6) is -0.802. The van der Waals surface area contributed by atoms with Crippen molar-refractivity contribution >= 4 is 11.8 Å². The third-order valence-electron chi connectivity index (χ3n) is 5.17. The molecule has 0 radical (unpaired) electrons. The first-order valence-corrected chi connectivity index (χ1v) is 6.68. The van der Waals surface area contributed by atoms with E-state index in [4.69, 9.17) is 4.74 Å². The summed E-state index contributed by atoms with van der Waals surface area (Å²) in [7, 11) is 0. The van der Waals surface area contributed by atoms with Crippen molar-refractivity contribution in [3.8, 4) is 0 Å². The lowest BCUT2D eigenvalue weighted by molar-refractivity contribution is -0.140. The van der Waals surface area contributed by atoms with Crippen LogP contribution >= 0.6 is 0 Å². The van der Waals surface area contributed by atoms with Crippen LogP contribution in [-0.2, 0) is 14.3 Å². The molecule has 0 unspecified atom stereocenters. The number of rotatable bonds is 0. The summed E-state index contributed by atoms with van der Waals surface area (Å²) in [5, 5.41) is 10.7. The molecule has 3 rings (SSSR count). The SMILES string of the molecule is C=C1C(=O)O[C@H]2C[C@H](C)[C@@H]3C=CC(=O)[C@@]3(C)[C@@H](O)[C@H]12. The van der Waals surface area contributed by atoms with E-state index in [9.17, 15) is 14.7 Å². The number of carbonyl (C=O) groups is 2. The maximum absolute atomic E-state index is 12.2. The Morgan fingerprint density at radius 3 is 2.84 bits per heavy atom. The molecule has 2 aliphatic carbocycles. The summed E-state index contributed by atoms with van der Waals surface area (Å²) < 4.78 is 5.31. The minimum absolute atomic E-state index is 0.00731. The zero-order valence-corrected chi connectivity index (χ0v) is 11.1. The molecule has 102 valence electrons. The number of fused-ring (bicyclic) bond motifs is 2. The number of carbonyl (C=O) groups excluding carboxylic acids is 2.